The zero-order chi connectivity index (χ0) is 13.2. The van der Waals surface area contributed by atoms with Crippen LogP contribution in [0.4, 0.5) is 0 Å². The van der Waals surface area contributed by atoms with Gasteiger partial charge in [0.1, 0.15) is 16.8 Å². The van der Waals surface area contributed by atoms with Crippen LogP contribution < -0.4 is 9.47 Å². The second-order valence-electron chi connectivity index (χ2n) is 4.54. The molecule has 0 saturated carbocycles. The number of hydrogen-bond donors (Lipinski definition) is 1. The lowest BCUT2D eigenvalue weighted by molar-refractivity contribution is 0.196. The van der Waals surface area contributed by atoms with Crippen LogP contribution in [-0.4, -0.2) is 17.3 Å². The minimum atomic E-state index is -0.572. The third-order valence-electron chi connectivity index (χ3n) is 2.70. The van der Waals surface area contributed by atoms with Gasteiger partial charge in [-0.2, -0.15) is 0 Å². The molecule has 0 spiro atoms. The molecule has 96 valence electrons. The standard InChI is InChI=1S/C14H17O3P/c1-14(2,18-15)17-13-9-8-12(16-3)10-6-4-5-7-11(10)13/h4-9,15,18H,1-3H3. The van der Waals surface area contributed by atoms with Crippen molar-refractivity contribution >= 4 is 19.6 Å². The summed E-state index contributed by atoms with van der Waals surface area (Å²) in [5, 5.41) is 1.43. The Balaban J connectivity index is 2.53. The van der Waals surface area contributed by atoms with Gasteiger partial charge in [0.2, 0.25) is 0 Å². The summed E-state index contributed by atoms with van der Waals surface area (Å²) in [5.74, 6) is 1.58. The minimum absolute atomic E-state index is 0.275. The second kappa shape index (κ2) is 5.13. The van der Waals surface area contributed by atoms with Gasteiger partial charge < -0.3 is 14.4 Å². The lowest BCUT2D eigenvalue weighted by Gasteiger charge is -2.24. The minimum Gasteiger partial charge on any atom is -0.496 e. The van der Waals surface area contributed by atoms with E-state index in [1.807, 2.05) is 50.2 Å². The molecule has 4 heteroatoms. The monoisotopic (exact) mass is 264 g/mol. The van der Waals surface area contributed by atoms with E-state index in [0.29, 0.717) is 0 Å². The van der Waals surface area contributed by atoms with Crippen molar-refractivity contribution in [3.63, 3.8) is 0 Å². The maximum absolute atomic E-state index is 9.31. The van der Waals surface area contributed by atoms with Crippen LogP contribution in [0.5, 0.6) is 11.5 Å². The Hall–Kier alpha value is -1.31. The van der Waals surface area contributed by atoms with Crippen LogP contribution in [0.25, 0.3) is 10.8 Å². The zero-order valence-corrected chi connectivity index (χ0v) is 11.7. The quantitative estimate of drug-likeness (QED) is 0.858. The first-order valence-electron chi connectivity index (χ1n) is 5.73. The van der Waals surface area contributed by atoms with Gasteiger partial charge in [0.15, 0.2) is 0 Å². The molecule has 1 unspecified atom stereocenters. The van der Waals surface area contributed by atoms with Crippen LogP contribution in [0.1, 0.15) is 13.8 Å². The van der Waals surface area contributed by atoms with Gasteiger partial charge in [0, 0.05) is 10.8 Å². The maximum atomic E-state index is 9.31. The third kappa shape index (κ3) is 2.58. The molecule has 0 aromatic heterocycles. The Morgan fingerprint density at radius 3 is 2.11 bits per heavy atom. The van der Waals surface area contributed by atoms with Crippen molar-refractivity contribution in [3.05, 3.63) is 36.4 Å². The average molecular weight is 264 g/mol. The molecular formula is C14H17O3P. The van der Waals surface area contributed by atoms with Gasteiger partial charge in [-0.1, -0.05) is 24.3 Å². The summed E-state index contributed by atoms with van der Waals surface area (Å²) in [4.78, 5) is 9.31. The summed E-state index contributed by atoms with van der Waals surface area (Å²) < 4.78 is 11.2. The molecule has 3 nitrogen and oxygen atoms in total. The highest BCUT2D eigenvalue weighted by Crippen LogP contribution is 2.37. The van der Waals surface area contributed by atoms with Gasteiger partial charge in [-0.3, -0.25) is 0 Å². The molecule has 0 aliphatic carbocycles. The molecule has 1 atom stereocenters. The van der Waals surface area contributed by atoms with E-state index in [2.05, 4.69) is 0 Å². The molecule has 18 heavy (non-hydrogen) atoms. The fraction of sp³-hybridized carbons (Fsp3) is 0.286. The van der Waals surface area contributed by atoms with Gasteiger partial charge in [-0.25, -0.2) is 0 Å². The number of benzene rings is 2. The molecule has 2 rings (SSSR count). The predicted molar refractivity (Wildman–Crippen MR) is 75.7 cm³/mol. The van der Waals surface area contributed by atoms with E-state index in [1.54, 1.807) is 7.11 Å². The van der Waals surface area contributed by atoms with Gasteiger partial charge >= 0.3 is 0 Å². The van der Waals surface area contributed by atoms with Crippen LogP contribution in [0.3, 0.4) is 0 Å². The molecular weight excluding hydrogens is 247 g/mol. The van der Waals surface area contributed by atoms with Gasteiger partial charge in [0.25, 0.3) is 0 Å². The van der Waals surface area contributed by atoms with Crippen LogP contribution in [0.15, 0.2) is 36.4 Å². The molecule has 0 fully saturated rings. The van der Waals surface area contributed by atoms with Crippen molar-refractivity contribution < 1.29 is 14.4 Å². The molecule has 0 aliphatic heterocycles. The maximum Gasteiger partial charge on any atom is 0.143 e. The van der Waals surface area contributed by atoms with E-state index < -0.39 is 5.34 Å². The van der Waals surface area contributed by atoms with E-state index >= 15 is 0 Å². The molecule has 0 amide bonds. The number of methoxy groups -OCH3 is 1. The Morgan fingerprint density at radius 2 is 1.56 bits per heavy atom. The molecule has 0 bridgehead atoms. The number of hydrogen-bond acceptors (Lipinski definition) is 3. The Labute approximate surface area is 109 Å². The van der Waals surface area contributed by atoms with E-state index in [9.17, 15) is 4.89 Å². The first kappa shape index (κ1) is 13.1. The third-order valence-corrected chi connectivity index (χ3v) is 3.34. The number of fused-ring (bicyclic) bond motifs is 1. The molecule has 0 aliphatic rings. The van der Waals surface area contributed by atoms with Gasteiger partial charge in [0.05, 0.1) is 15.9 Å². The topological polar surface area (TPSA) is 38.7 Å². The van der Waals surface area contributed by atoms with Crippen LogP contribution in [0, 0.1) is 0 Å². The fourth-order valence-corrected chi connectivity index (χ4v) is 1.96. The van der Waals surface area contributed by atoms with E-state index in [1.165, 1.54) is 0 Å². The van der Waals surface area contributed by atoms with E-state index in [4.69, 9.17) is 9.47 Å². The summed E-state index contributed by atoms with van der Waals surface area (Å²) in [6.45, 7) is 3.73. The molecule has 2 aromatic carbocycles. The van der Waals surface area contributed by atoms with Crippen molar-refractivity contribution in [3.8, 4) is 11.5 Å². The summed E-state index contributed by atoms with van der Waals surface area (Å²) >= 11 is 0. The second-order valence-corrected chi connectivity index (χ2v) is 5.96. The average Bonchev–Trinajstić information content (AvgIpc) is 2.39. The van der Waals surface area contributed by atoms with Crippen molar-refractivity contribution in [2.24, 2.45) is 0 Å². The molecule has 1 N–H and O–H groups in total. The summed E-state index contributed by atoms with van der Waals surface area (Å²) in [6.07, 6.45) is 0. The highest BCUT2D eigenvalue weighted by atomic mass is 31.1. The Bertz CT molecular complexity index is 552. The molecule has 0 heterocycles. The van der Waals surface area contributed by atoms with Crippen LogP contribution >= 0.6 is 8.81 Å². The van der Waals surface area contributed by atoms with Crippen molar-refractivity contribution in [2.75, 3.05) is 7.11 Å². The first-order chi connectivity index (χ1) is 8.57. The number of rotatable bonds is 4. The SMILES string of the molecule is COc1ccc(OC(C)(C)PO)c2ccccc12. The highest BCUT2D eigenvalue weighted by molar-refractivity contribution is 7.32. The van der Waals surface area contributed by atoms with E-state index in [-0.39, 0.29) is 8.81 Å². The number of ether oxygens (including phenoxy) is 2. The predicted octanol–water partition coefficient (Wildman–Crippen LogP) is 3.55. The highest BCUT2D eigenvalue weighted by Gasteiger charge is 2.20. The van der Waals surface area contributed by atoms with Crippen molar-refractivity contribution in [2.45, 2.75) is 19.2 Å². The Kier molecular flexibility index (Phi) is 3.74. The van der Waals surface area contributed by atoms with E-state index in [0.717, 1.165) is 22.3 Å². The molecule has 2 aromatic rings. The summed E-state index contributed by atoms with van der Waals surface area (Å²) in [7, 11) is 1.38. The molecule has 0 saturated heterocycles. The van der Waals surface area contributed by atoms with Crippen molar-refractivity contribution in [1.29, 1.82) is 0 Å². The van der Waals surface area contributed by atoms with Crippen molar-refractivity contribution in [1.82, 2.24) is 0 Å². The Morgan fingerprint density at radius 1 is 1.00 bits per heavy atom. The first-order valence-corrected chi connectivity index (χ1v) is 6.68. The summed E-state index contributed by atoms with van der Waals surface area (Å²) in [6, 6.07) is 11.7. The lowest BCUT2D eigenvalue weighted by Crippen LogP contribution is -2.21. The molecule has 0 radical (unpaired) electrons. The van der Waals surface area contributed by atoms with Crippen LogP contribution in [-0.2, 0) is 0 Å². The van der Waals surface area contributed by atoms with Crippen LogP contribution in [0.2, 0.25) is 0 Å². The smallest absolute Gasteiger partial charge is 0.143 e. The normalized spacial score (nSPS) is 12.2. The van der Waals surface area contributed by atoms with Gasteiger partial charge in [-0.05, 0) is 26.0 Å². The van der Waals surface area contributed by atoms with Gasteiger partial charge in [-0.15, -0.1) is 0 Å². The largest absolute Gasteiger partial charge is 0.496 e. The zero-order valence-electron chi connectivity index (χ0n) is 10.7. The summed E-state index contributed by atoms with van der Waals surface area (Å²) in [5.41, 5.74) is 0. The lowest BCUT2D eigenvalue weighted by atomic mass is 10.1. The fourth-order valence-electron chi connectivity index (χ4n) is 1.81.